The van der Waals surface area contributed by atoms with E-state index >= 15 is 0 Å². The average molecular weight is 205 g/mol. The molecule has 1 saturated carbocycles. The molecular formula is C13H19NO. The Labute approximate surface area is 91.4 Å². The molecule has 2 N–H and O–H groups in total. The van der Waals surface area contributed by atoms with E-state index in [-0.39, 0.29) is 12.1 Å². The first kappa shape index (κ1) is 10.5. The van der Waals surface area contributed by atoms with Crippen molar-refractivity contribution in [3.63, 3.8) is 0 Å². The van der Waals surface area contributed by atoms with Gasteiger partial charge in [-0.05, 0) is 56.4 Å². The number of hydrogen-bond acceptors (Lipinski definition) is 2. The zero-order chi connectivity index (χ0) is 10.8. The molecule has 0 amide bonds. The maximum absolute atomic E-state index is 5.98. The Balaban J connectivity index is 2.10. The van der Waals surface area contributed by atoms with E-state index in [1.807, 2.05) is 0 Å². The van der Waals surface area contributed by atoms with Gasteiger partial charge in [0.15, 0.2) is 0 Å². The van der Waals surface area contributed by atoms with E-state index < -0.39 is 0 Å². The summed E-state index contributed by atoms with van der Waals surface area (Å²) in [6.07, 6.45) is 3.59. The number of benzene rings is 1. The second kappa shape index (κ2) is 4.23. The highest BCUT2D eigenvalue weighted by molar-refractivity contribution is 5.33. The summed E-state index contributed by atoms with van der Waals surface area (Å²) in [5, 5.41) is 0. The van der Waals surface area contributed by atoms with Gasteiger partial charge in [0.2, 0.25) is 0 Å². The Bertz CT molecular complexity index is 328. The Kier molecular flexibility index (Phi) is 2.96. The lowest BCUT2D eigenvalue weighted by Gasteiger charge is -2.18. The molecule has 0 aromatic heterocycles. The van der Waals surface area contributed by atoms with E-state index in [1.165, 1.54) is 17.5 Å². The molecule has 1 fully saturated rings. The van der Waals surface area contributed by atoms with Crippen molar-refractivity contribution >= 4 is 0 Å². The summed E-state index contributed by atoms with van der Waals surface area (Å²) in [4.78, 5) is 0. The van der Waals surface area contributed by atoms with Crippen LogP contribution in [0.25, 0.3) is 0 Å². The topological polar surface area (TPSA) is 35.2 Å². The van der Waals surface area contributed by atoms with Crippen LogP contribution < -0.4 is 10.5 Å². The highest BCUT2D eigenvalue weighted by atomic mass is 16.5. The molecule has 0 heterocycles. The molecule has 1 aromatic rings. The lowest BCUT2D eigenvalue weighted by Crippen LogP contribution is -2.33. The molecule has 0 saturated heterocycles. The molecule has 0 aliphatic heterocycles. The Morgan fingerprint density at radius 2 is 1.80 bits per heavy atom. The third-order valence-corrected chi connectivity index (χ3v) is 2.99. The number of nitrogens with two attached hydrogens (primary N) is 1. The predicted molar refractivity (Wildman–Crippen MR) is 62.2 cm³/mol. The van der Waals surface area contributed by atoms with E-state index in [0.717, 1.165) is 18.6 Å². The van der Waals surface area contributed by atoms with E-state index in [9.17, 15) is 0 Å². The lowest BCUT2D eigenvalue weighted by atomic mass is 10.1. The van der Waals surface area contributed by atoms with Crippen LogP contribution in [0.5, 0.6) is 5.75 Å². The molecule has 2 unspecified atom stereocenters. The molecule has 2 rings (SSSR count). The van der Waals surface area contributed by atoms with Crippen LogP contribution in [0.4, 0.5) is 0 Å². The fourth-order valence-corrected chi connectivity index (χ4v) is 2.28. The highest BCUT2D eigenvalue weighted by Gasteiger charge is 2.25. The van der Waals surface area contributed by atoms with Gasteiger partial charge in [-0.15, -0.1) is 0 Å². The Hall–Kier alpha value is -1.02. The van der Waals surface area contributed by atoms with Crippen LogP contribution in [0.3, 0.4) is 0 Å². The minimum Gasteiger partial charge on any atom is -0.489 e. The summed E-state index contributed by atoms with van der Waals surface area (Å²) in [6.45, 7) is 4.18. The van der Waals surface area contributed by atoms with Gasteiger partial charge in [0.05, 0.1) is 0 Å². The summed E-state index contributed by atoms with van der Waals surface area (Å²) in [7, 11) is 0. The van der Waals surface area contributed by atoms with Crippen LogP contribution in [0.15, 0.2) is 18.2 Å². The van der Waals surface area contributed by atoms with Gasteiger partial charge < -0.3 is 10.5 Å². The van der Waals surface area contributed by atoms with Crippen LogP contribution in [-0.2, 0) is 0 Å². The molecule has 1 aliphatic rings. The summed E-state index contributed by atoms with van der Waals surface area (Å²) >= 11 is 0. The number of ether oxygens (including phenoxy) is 1. The number of rotatable bonds is 2. The monoisotopic (exact) mass is 205 g/mol. The number of hydrogen-bond donors (Lipinski definition) is 1. The maximum atomic E-state index is 5.98. The minimum atomic E-state index is 0.214. The van der Waals surface area contributed by atoms with Crippen LogP contribution in [0, 0.1) is 13.8 Å². The van der Waals surface area contributed by atoms with Crippen molar-refractivity contribution in [3.8, 4) is 5.75 Å². The van der Waals surface area contributed by atoms with Crippen LogP contribution >= 0.6 is 0 Å². The van der Waals surface area contributed by atoms with Gasteiger partial charge in [-0.1, -0.05) is 6.07 Å². The fourth-order valence-electron chi connectivity index (χ4n) is 2.28. The van der Waals surface area contributed by atoms with Crippen molar-refractivity contribution in [1.29, 1.82) is 0 Å². The molecule has 2 nitrogen and oxygen atoms in total. The molecule has 15 heavy (non-hydrogen) atoms. The van der Waals surface area contributed by atoms with Gasteiger partial charge >= 0.3 is 0 Å². The summed E-state index contributed by atoms with van der Waals surface area (Å²) < 4.78 is 5.92. The summed E-state index contributed by atoms with van der Waals surface area (Å²) in [5.74, 6) is 0.967. The van der Waals surface area contributed by atoms with Gasteiger partial charge in [-0.25, -0.2) is 0 Å². The van der Waals surface area contributed by atoms with E-state index in [0.29, 0.717) is 0 Å². The van der Waals surface area contributed by atoms with Crippen molar-refractivity contribution in [1.82, 2.24) is 0 Å². The van der Waals surface area contributed by atoms with E-state index in [4.69, 9.17) is 10.5 Å². The zero-order valence-electron chi connectivity index (χ0n) is 9.49. The second-order valence-corrected chi connectivity index (χ2v) is 4.57. The van der Waals surface area contributed by atoms with Crippen molar-refractivity contribution in [2.45, 2.75) is 45.3 Å². The molecule has 82 valence electrons. The van der Waals surface area contributed by atoms with Crippen LogP contribution in [0.1, 0.15) is 30.4 Å². The normalized spacial score (nSPS) is 25.5. The quantitative estimate of drug-likeness (QED) is 0.805. The fraction of sp³-hybridized carbons (Fsp3) is 0.538. The average Bonchev–Trinajstić information content (AvgIpc) is 2.50. The predicted octanol–water partition coefficient (Wildman–Crippen LogP) is 2.56. The molecule has 2 atom stereocenters. The lowest BCUT2D eigenvalue weighted by molar-refractivity contribution is 0.191. The van der Waals surface area contributed by atoms with Gasteiger partial charge in [-0.2, -0.15) is 0 Å². The van der Waals surface area contributed by atoms with Crippen molar-refractivity contribution < 1.29 is 4.74 Å². The van der Waals surface area contributed by atoms with Crippen molar-refractivity contribution in [3.05, 3.63) is 29.3 Å². The Morgan fingerprint density at radius 3 is 2.33 bits per heavy atom. The number of aryl methyl sites for hydroxylation is 2. The molecule has 2 heteroatoms. The first-order valence-corrected chi connectivity index (χ1v) is 5.66. The van der Waals surface area contributed by atoms with E-state index in [2.05, 4.69) is 32.0 Å². The minimum absolute atomic E-state index is 0.214. The van der Waals surface area contributed by atoms with Gasteiger partial charge in [0.1, 0.15) is 11.9 Å². The molecule has 1 aromatic carbocycles. The standard InChI is InChI=1S/C13H19NO/c1-9-6-10(2)8-11(7-9)15-13-5-3-4-12(13)14/h6-8,12-13H,3-5,14H2,1-2H3. The van der Waals surface area contributed by atoms with E-state index in [1.54, 1.807) is 0 Å². The smallest absolute Gasteiger partial charge is 0.120 e. The first-order chi connectivity index (χ1) is 7.15. The molecule has 0 bridgehead atoms. The SMILES string of the molecule is Cc1cc(C)cc(OC2CCCC2N)c1. The highest BCUT2D eigenvalue weighted by Crippen LogP contribution is 2.24. The second-order valence-electron chi connectivity index (χ2n) is 4.57. The summed E-state index contributed by atoms with van der Waals surface area (Å²) in [6, 6.07) is 6.53. The molecule has 0 radical (unpaired) electrons. The molecule has 1 aliphatic carbocycles. The van der Waals surface area contributed by atoms with Crippen molar-refractivity contribution in [2.75, 3.05) is 0 Å². The third-order valence-electron chi connectivity index (χ3n) is 2.99. The van der Waals surface area contributed by atoms with Gasteiger partial charge in [0.25, 0.3) is 0 Å². The van der Waals surface area contributed by atoms with Gasteiger partial charge in [-0.3, -0.25) is 0 Å². The molecular weight excluding hydrogens is 186 g/mol. The van der Waals surface area contributed by atoms with Crippen LogP contribution in [-0.4, -0.2) is 12.1 Å². The molecule has 0 spiro atoms. The van der Waals surface area contributed by atoms with Crippen molar-refractivity contribution in [2.24, 2.45) is 5.73 Å². The third kappa shape index (κ3) is 2.51. The zero-order valence-corrected chi connectivity index (χ0v) is 9.49. The first-order valence-electron chi connectivity index (χ1n) is 5.66. The Morgan fingerprint density at radius 1 is 1.13 bits per heavy atom. The largest absolute Gasteiger partial charge is 0.489 e. The van der Waals surface area contributed by atoms with Gasteiger partial charge in [0, 0.05) is 6.04 Å². The summed E-state index contributed by atoms with van der Waals surface area (Å²) in [5.41, 5.74) is 8.47. The maximum Gasteiger partial charge on any atom is 0.120 e. The van der Waals surface area contributed by atoms with Crippen LogP contribution in [0.2, 0.25) is 0 Å².